The Morgan fingerprint density at radius 2 is 1.67 bits per heavy atom. The lowest BCUT2D eigenvalue weighted by Crippen LogP contribution is -2.61. The summed E-state index contributed by atoms with van der Waals surface area (Å²) in [7, 11) is 3.95. The van der Waals surface area contributed by atoms with E-state index >= 15 is 0 Å². The number of piperazine rings is 1. The molecule has 4 aliphatic rings. The van der Waals surface area contributed by atoms with Crippen molar-refractivity contribution >= 4 is 47.0 Å². The molecule has 4 amide bonds. The van der Waals surface area contributed by atoms with Gasteiger partial charge >= 0.3 is 24.3 Å². The molecule has 0 aromatic heterocycles. The molecule has 3 saturated heterocycles. The fourth-order valence-electron chi connectivity index (χ4n) is 8.69. The van der Waals surface area contributed by atoms with Crippen LogP contribution in [0.2, 0.25) is 5.02 Å². The number of urea groups is 1. The van der Waals surface area contributed by atoms with Gasteiger partial charge in [0.05, 0.1) is 29.4 Å². The van der Waals surface area contributed by atoms with Crippen LogP contribution in [-0.4, -0.2) is 164 Å². The number of fused-ring (bicyclic) bond motifs is 1. The lowest BCUT2D eigenvalue weighted by atomic mass is 9.87. The van der Waals surface area contributed by atoms with Crippen molar-refractivity contribution in [2.75, 3.05) is 104 Å². The van der Waals surface area contributed by atoms with Crippen LogP contribution in [0.15, 0.2) is 36.4 Å². The van der Waals surface area contributed by atoms with Crippen LogP contribution < -0.4 is 11.1 Å². The molecule has 1 atom stereocenters. The van der Waals surface area contributed by atoms with E-state index < -0.39 is 35.5 Å². The highest BCUT2D eigenvalue weighted by Crippen LogP contribution is 2.38. The number of ether oxygens (including phenoxy) is 2. The summed E-state index contributed by atoms with van der Waals surface area (Å²) in [6.07, 6.45) is -3.25. The van der Waals surface area contributed by atoms with Crippen LogP contribution in [0.25, 0.3) is 0 Å². The number of halogens is 4. The third-order valence-electron chi connectivity index (χ3n) is 12.4. The second-order valence-corrected chi connectivity index (χ2v) is 17.2. The van der Waals surface area contributed by atoms with Gasteiger partial charge in [0.15, 0.2) is 6.10 Å². The van der Waals surface area contributed by atoms with E-state index in [1.807, 2.05) is 43.3 Å². The molecule has 4 heterocycles. The number of hydrogen-bond acceptors (Lipinski definition) is 10. The molecular weight excluding hydrogens is 805 g/mol. The van der Waals surface area contributed by atoms with E-state index in [9.17, 15) is 32.3 Å². The minimum atomic E-state index is -4.80. The van der Waals surface area contributed by atoms with E-state index in [0.717, 1.165) is 56.2 Å². The van der Waals surface area contributed by atoms with E-state index in [1.54, 1.807) is 9.80 Å². The molecule has 0 saturated carbocycles. The maximum absolute atomic E-state index is 14.2. The second kappa shape index (κ2) is 19.6. The van der Waals surface area contributed by atoms with Gasteiger partial charge in [-0.25, -0.2) is 9.59 Å². The number of nitrogens with two attached hydrogens (primary N) is 1. The van der Waals surface area contributed by atoms with Crippen LogP contribution in [-0.2, 0) is 38.1 Å². The number of benzene rings is 2. The molecule has 2 aromatic rings. The lowest BCUT2D eigenvalue weighted by Gasteiger charge is -2.49. The van der Waals surface area contributed by atoms with Crippen molar-refractivity contribution < 1.29 is 41.8 Å². The molecule has 0 unspecified atom stereocenters. The molecule has 330 valence electrons. The van der Waals surface area contributed by atoms with Crippen molar-refractivity contribution in [3.63, 3.8) is 0 Å². The third-order valence-corrected chi connectivity index (χ3v) is 12.7. The van der Waals surface area contributed by atoms with Gasteiger partial charge in [-0.3, -0.25) is 19.4 Å². The van der Waals surface area contributed by atoms with Gasteiger partial charge in [-0.2, -0.15) is 13.2 Å². The Balaban J connectivity index is 1.06. The number of para-hydroxylation sites is 1. The molecule has 3 N–H and O–H groups in total. The molecule has 14 nitrogen and oxygen atoms in total. The largest absolute Gasteiger partial charge is 0.465 e. The lowest BCUT2D eigenvalue weighted by molar-refractivity contribution is -0.146. The number of hydrogen-bond donors (Lipinski definition) is 2. The molecule has 0 aliphatic carbocycles. The number of esters is 1. The zero-order valence-electron chi connectivity index (χ0n) is 34.8. The first-order valence-electron chi connectivity index (χ1n) is 20.8. The topological polar surface area (TPSA) is 144 Å². The first-order valence-corrected chi connectivity index (χ1v) is 21.2. The summed E-state index contributed by atoms with van der Waals surface area (Å²) in [5.41, 5.74) is 5.67. The SMILES string of the molecule is CN(C)CCCOC(=O)CN1CCC(C)(N2CCN(C(=O)[C@@H](Cc3cc(Cl)c(N)c(C(F)(F)F)c3)OC(=O)N3CCC(N4CCc5ccccc5NC4=O)CC3)CC2)CC1. The number of anilines is 2. The van der Waals surface area contributed by atoms with Crippen molar-refractivity contribution in [2.24, 2.45) is 0 Å². The fourth-order valence-corrected chi connectivity index (χ4v) is 8.93. The monoisotopic (exact) mass is 862 g/mol. The number of nitrogen functional groups attached to an aromatic ring is 1. The minimum Gasteiger partial charge on any atom is -0.465 e. The van der Waals surface area contributed by atoms with Gasteiger partial charge < -0.3 is 40.1 Å². The molecule has 0 spiro atoms. The van der Waals surface area contributed by atoms with E-state index in [2.05, 4.69) is 22.0 Å². The number of piperidine rings is 2. The fraction of sp³-hybridized carbons (Fsp3) is 0.619. The first-order chi connectivity index (χ1) is 28.5. The summed E-state index contributed by atoms with van der Waals surface area (Å²) in [5.74, 6) is -0.738. The number of carbonyl (C=O) groups is 4. The Kier molecular flexibility index (Phi) is 14.8. The first kappa shape index (κ1) is 45.2. The van der Waals surface area contributed by atoms with Crippen molar-refractivity contribution in [3.8, 4) is 0 Å². The normalized spacial score (nSPS) is 20.0. The van der Waals surface area contributed by atoms with Crippen molar-refractivity contribution in [1.29, 1.82) is 0 Å². The zero-order chi connectivity index (χ0) is 43.2. The maximum atomic E-state index is 14.2. The Morgan fingerprint density at radius 3 is 2.33 bits per heavy atom. The van der Waals surface area contributed by atoms with Gasteiger partial charge in [0.1, 0.15) is 0 Å². The van der Waals surface area contributed by atoms with E-state index in [1.165, 1.54) is 11.0 Å². The molecular formula is C42H58ClF3N8O6. The van der Waals surface area contributed by atoms with Crippen LogP contribution in [0, 0.1) is 0 Å². The summed E-state index contributed by atoms with van der Waals surface area (Å²) in [6.45, 7) is 7.92. The van der Waals surface area contributed by atoms with Gasteiger partial charge in [0.2, 0.25) is 0 Å². The predicted molar refractivity (Wildman–Crippen MR) is 222 cm³/mol. The summed E-state index contributed by atoms with van der Waals surface area (Å²) in [4.78, 5) is 64.9. The number of likely N-dealkylation sites (tertiary alicyclic amines) is 2. The summed E-state index contributed by atoms with van der Waals surface area (Å²) < 4.78 is 53.2. The van der Waals surface area contributed by atoms with Crippen LogP contribution in [0.3, 0.4) is 0 Å². The van der Waals surface area contributed by atoms with Gasteiger partial charge in [-0.1, -0.05) is 29.8 Å². The Morgan fingerprint density at radius 1 is 0.983 bits per heavy atom. The number of carbonyl (C=O) groups excluding carboxylic acids is 4. The minimum absolute atomic E-state index is 0.0508. The van der Waals surface area contributed by atoms with Gasteiger partial charge in [-0.05, 0) is 88.9 Å². The zero-order valence-corrected chi connectivity index (χ0v) is 35.5. The van der Waals surface area contributed by atoms with E-state index in [-0.39, 0.29) is 60.2 Å². The molecule has 3 fully saturated rings. The highest BCUT2D eigenvalue weighted by atomic mass is 35.5. The highest BCUT2D eigenvalue weighted by molar-refractivity contribution is 6.33. The summed E-state index contributed by atoms with van der Waals surface area (Å²) in [6, 6.07) is 9.46. The molecule has 4 aliphatic heterocycles. The number of alkyl halides is 3. The van der Waals surface area contributed by atoms with E-state index in [4.69, 9.17) is 26.8 Å². The van der Waals surface area contributed by atoms with E-state index in [0.29, 0.717) is 58.6 Å². The Bertz CT molecular complexity index is 1850. The number of nitrogens with one attached hydrogen (secondary N) is 1. The average molecular weight is 863 g/mol. The van der Waals surface area contributed by atoms with Gasteiger partial charge in [-0.15, -0.1) is 0 Å². The van der Waals surface area contributed by atoms with Crippen LogP contribution in [0.1, 0.15) is 55.7 Å². The third kappa shape index (κ3) is 11.3. The van der Waals surface area contributed by atoms with Crippen molar-refractivity contribution in [1.82, 2.24) is 29.4 Å². The van der Waals surface area contributed by atoms with Gasteiger partial charge in [0, 0.05) is 89.1 Å². The van der Waals surface area contributed by atoms with Crippen molar-refractivity contribution in [3.05, 3.63) is 58.1 Å². The molecule has 6 rings (SSSR count). The molecule has 18 heteroatoms. The van der Waals surface area contributed by atoms with Crippen LogP contribution >= 0.6 is 11.6 Å². The quantitative estimate of drug-likeness (QED) is 0.169. The number of amides is 4. The van der Waals surface area contributed by atoms with Crippen molar-refractivity contribution in [2.45, 2.75) is 75.7 Å². The predicted octanol–water partition coefficient (Wildman–Crippen LogP) is 5.04. The van der Waals surface area contributed by atoms with Crippen LogP contribution in [0.4, 0.5) is 34.1 Å². The number of nitrogens with zero attached hydrogens (tertiary/aromatic N) is 6. The second-order valence-electron chi connectivity index (χ2n) is 16.8. The molecule has 60 heavy (non-hydrogen) atoms. The number of rotatable bonds is 12. The summed E-state index contributed by atoms with van der Waals surface area (Å²) >= 11 is 6.16. The summed E-state index contributed by atoms with van der Waals surface area (Å²) in [5, 5.41) is 2.67. The Hall–Kier alpha value is -4.32. The molecule has 0 radical (unpaired) electrons. The van der Waals surface area contributed by atoms with Gasteiger partial charge in [0.25, 0.3) is 5.91 Å². The average Bonchev–Trinajstić information content (AvgIpc) is 3.38. The van der Waals surface area contributed by atoms with Crippen LogP contribution in [0.5, 0.6) is 0 Å². The highest BCUT2D eigenvalue weighted by Gasteiger charge is 2.41. The maximum Gasteiger partial charge on any atom is 0.418 e. The molecule has 0 bridgehead atoms. The Labute approximate surface area is 355 Å². The standard InChI is InChI=1S/C42H58ClF3N8O6/c1-41(12-18-50(19-13-41)28-36(55)59-24-6-14-49(2)3)53-22-20-51(21-23-53)38(56)35(27-29-25-32(42(44,45)46)37(47)33(43)26-29)60-40(58)52-15-10-31(11-16-52)54-17-9-30-7-4-5-8-34(30)48-39(54)57/h4-5,7-8,25-26,31,35H,6,9-24,27-28,47H2,1-3H3,(H,48,57)/t35-/m1/s1. The molecule has 2 aromatic carbocycles. The smallest absolute Gasteiger partial charge is 0.418 e.